The zero-order chi connectivity index (χ0) is 7.56. The molecule has 0 bridgehead atoms. The number of hydrogen-bond donors (Lipinski definition) is 0. The van der Waals surface area contributed by atoms with Gasteiger partial charge in [0.15, 0.2) is 4.90 Å². The van der Waals surface area contributed by atoms with Crippen LogP contribution in [-0.4, -0.2) is 12.5 Å². The second-order valence-corrected chi connectivity index (χ2v) is 4.65. The molecule has 0 aromatic heterocycles. The molecule has 0 amide bonds. The number of rotatable bonds is 1. The third-order valence-corrected chi connectivity index (χ3v) is 2.87. The normalized spacial score (nSPS) is 9.45. The summed E-state index contributed by atoms with van der Waals surface area (Å²) < 4.78 is 0. The summed E-state index contributed by atoms with van der Waals surface area (Å²) in [5, 5.41) is 0. The molecule has 0 radical (unpaired) electrons. The SMILES string of the molecule is Cc1ccccc1[S+](C)C.[Cl-]. The van der Waals surface area contributed by atoms with Crippen molar-refractivity contribution in [1.82, 2.24) is 0 Å². The molecule has 1 rings (SSSR count). The third kappa shape index (κ3) is 2.76. The van der Waals surface area contributed by atoms with Gasteiger partial charge < -0.3 is 12.4 Å². The highest BCUT2D eigenvalue weighted by Gasteiger charge is 2.09. The Labute approximate surface area is 77.8 Å². The van der Waals surface area contributed by atoms with E-state index >= 15 is 0 Å². The monoisotopic (exact) mass is 188 g/mol. The van der Waals surface area contributed by atoms with Crippen molar-refractivity contribution in [1.29, 1.82) is 0 Å². The maximum absolute atomic E-state index is 2.25. The fourth-order valence-corrected chi connectivity index (χ4v) is 2.08. The molecule has 62 valence electrons. The first-order valence-corrected chi connectivity index (χ1v) is 5.39. The average molecular weight is 189 g/mol. The molecular formula is C9H13ClS. The molecule has 0 atom stereocenters. The van der Waals surface area contributed by atoms with Crippen LogP contribution in [0.2, 0.25) is 0 Å². The van der Waals surface area contributed by atoms with Gasteiger partial charge in [0.1, 0.15) is 12.5 Å². The van der Waals surface area contributed by atoms with Crippen molar-refractivity contribution in [2.75, 3.05) is 12.5 Å². The summed E-state index contributed by atoms with van der Waals surface area (Å²) in [7, 11) is 0.409. The van der Waals surface area contributed by atoms with Crippen molar-refractivity contribution in [3.05, 3.63) is 29.8 Å². The molecule has 0 saturated carbocycles. The lowest BCUT2D eigenvalue weighted by atomic mass is 10.2. The van der Waals surface area contributed by atoms with Gasteiger partial charge in [0.25, 0.3) is 0 Å². The number of hydrogen-bond acceptors (Lipinski definition) is 0. The van der Waals surface area contributed by atoms with Gasteiger partial charge >= 0.3 is 0 Å². The van der Waals surface area contributed by atoms with E-state index in [9.17, 15) is 0 Å². The first-order chi connectivity index (χ1) is 4.72. The Bertz CT molecular complexity index is 221. The molecule has 0 N–H and O–H groups in total. The fourth-order valence-electron chi connectivity index (χ4n) is 1.01. The summed E-state index contributed by atoms with van der Waals surface area (Å²) in [6.07, 6.45) is 4.50. The third-order valence-electron chi connectivity index (χ3n) is 1.53. The Balaban J connectivity index is 0.000001000. The van der Waals surface area contributed by atoms with Crippen molar-refractivity contribution >= 4 is 10.9 Å². The lowest BCUT2D eigenvalue weighted by Gasteiger charge is -1.98. The van der Waals surface area contributed by atoms with E-state index in [0.29, 0.717) is 10.9 Å². The quantitative estimate of drug-likeness (QED) is 0.509. The van der Waals surface area contributed by atoms with Gasteiger partial charge in [-0.05, 0) is 13.0 Å². The number of aryl methyl sites for hydroxylation is 1. The molecule has 2 heteroatoms. The molecule has 1 aromatic rings. The zero-order valence-corrected chi connectivity index (χ0v) is 8.67. The molecule has 11 heavy (non-hydrogen) atoms. The van der Waals surface area contributed by atoms with Crippen LogP contribution in [-0.2, 0) is 10.9 Å². The Morgan fingerprint density at radius 1 is 1.09 bits per heavy atom. The van der Waals surface area contributed by atoms with Crippen LogP contribution in [0.3, 0.4) is 0 Å². The standard InChI is InChI=1S/C9H13S.ClH/c1-8-6-4-5-7-9(8)10(2)3;/h4-7H,1-3H3;1H/q+1;/p-1. The highest BCUT2D eigenvalue weighted by Crippen LogP contribution is 2.13. The topological polar surface area (TPSA) is 0 Å². The van der Waals surface area contributed by atoms with Crippen LogP contribution < -0.4 is 12.4 Å². The minimum Gasteiger partial charge on any atom is -1.00 e. The van der Waals surface area contributed by atoms with E-state index in [1.54, 1.807) is 0 Å². The summed E-state index contributed by atoms with van der Waals surface area (Å²) in [5.41, 5.74) is 1.41. The van der Waals surface area contributed by atoms with E-state index in [-0.39, 0.29) is 12.4 Å². The maximum Gasteiger partial charge on any atom is 0.157 e. The smallest absolute Gasteiger partial charge is 0.157 e. The van der Waals surface area contributed by atoms with Crippen LogP contribution >= 0.6 is 0 Å². The van der Waals surface area contributed by atoms with Crippen molar-refractivity contribution in [3.63, 3.8) is 0 Å². The predicted molar refractivity (Wildman–Crippen MR) is 48.7 cm³/mol. The Morgan fingerprint density at radius 2 is 1.64 bits per heavy atom. The predicted octanol–water partition coefficient (Wildman–Crippen LogP) is -0.764. The second-order valence-electron chi connectivity index (χ2n) is 2.58. The first kappa shape index (κ1) is 10.9. The largest absolute Gasteiger partial charge is 1.00 e. The number of halogens is 1. The molecule has 0 aliphatic carbocycles. The van der Waals surface area contributed by atoms with E-state index in [0.717, 1.165) is 0 Å². The van der Waals surface area contributed by atoms with Gasteiger partial charge in [-0.3, -0.25) is 0 Å². The molecule has 0 unspecified atom stereocenters. The molecule has 0 spiro atoms. The van der Waals surface area contributed by atoms with Crippen LogP contribution in [0.25, 0.3) is 0 Å². The van der Waals surface area contributed by atoms with Gasteiger partial charge in [0.05, 0.1) is 0 Å². The summed E-state index contributed by atoms with van der Waals surface area (Å²) in [6.45, 7) is 2.17. The molecule has 0 nitrogen and oxygen atoms in total. The van der Waals surface area contributed by atoms with Crippen LogP contribution in [0, 0.1) is 6.92 Å². The van der Waals surface area contributed by atoms with Crippen molar-refractivity contribution < 1.29 is 12.4 Å². The van der Waals surface area contributed by atoms with Crippen LogP contribution in [0.5, 0.6) is 0 Å². The lowest BCUT2D eigenvalue weighted by Crippen LogP contribution is -3.00. The van der Waals surface area contributed by atoms with Crippen LogP contribution in [0.1, 0.15) is 5.56 Å². The molecule has 0 saturated heterocycles. The maximum atomic E-state index is 2.25. The summed E-state index contributed by atoms with van der Waals surface area (Å²) in [4.78, 5) is 1.49. The van der Waals surface area contributed by atoms with Gasteiger partial charge in [-0.25, -0.2) is 0 Å². The molecule has 0 aliphatic rings. The first-order valence-electron chi connectivity index (χ1n) is 3.35. The van der Waals surface area contributed by atoms with Gasteiger partial charge in [0, 0.05) is 16.5 Å². The second kappa shape index (κ2) is 4.68. The average Bonchev–Trinajstić information content (AvgIpc) is 1.88. The van der Waals surface area contributed by atoms with Gasteiger partial charge in [0.2, 0.25) is 0 Å². The van der Waals surface area contributed by atoms with Gasteiger partial charge in [-0.15, -0.1) is 0 Å². The summed E-state index contributed by atoms with van der Waals surface area (Å²) >= 11 is 0. The molecule has 0 fully saturated rings. The van der Waals surface area contributed by atoms with Gasteiger partial charge in [-0.2, -0.15) is 0 Å². The zero-order valence-electron chi connectivity index (χ0n) is 7.10. The molecule has 0 aliphatic heterocycles. The van der Waals surface area contributed by atoms with E-state index in [2.05, 4.69) is 43.7 Å². The Hall–Kier alpha value is -0.140. The minimum absolute atomic E-state index is 0. The van der Waals surface area contributed by atoms with E-state index in [1.165, 1.54) is 10.5 Å². The highest BCUT2D eigenvalue weighted by atomic mass is 35.5. The summed E-state index contributed by atoms with van der Waals surface area (Å²) in [6, 6.07) is 8.57. The number of benzene rings is 1. The molecule has 0 heterocycles. The molecular weight excluding hydrogens is 176 g/mol. The van der Waals surface area contributed by atoms with E-state index < -0.39 is 0 Å². The molecule has 1 aromatic carbocycles. The lowest BCUT2D eigenvalue weighted by molar-refractivity contribution is -0.00000228. The van der Waals surface area contributed by atoms with Crippen LogP contribution in [0.15, 0.2) is 29.2 Å². The van der Waals surface area contributed by atoms with E-state index in [1.807, 2.05) is 0 Å². The fraction of sp³-hybridized carbons (Fsp3) is 0.333. The highest BCUT2D eigenvalue weighted by molar-refractivity contribution is 7.95. The van der Waals surface area contributed by atoms with Crippen molar-refractivity contribution in [2.45, 2.75) is 11.8 Å². The van der Waals surface area contributed by atoms with Crippen LogP contribution in [0.4, 0.5) is 0 Å². The van der Waals surface area contributed by atoms with E-state index in [4.69, 9.17) is 0 Å². The minimum atomic E-state index is 0. The van der Waals surface area contributed by atoms with Gasteiger partial charge in [-0.1, -0.05) is 18.2 Å². The Morgan fingerprint density at radius 3 is 2.00 bits per heavy atom. The van der Waals surface area contributed by atoms with Crippen molar-refractivity contribution in [2.24, 2.45) is 0 Å². The van der Waals surface area contributed by atoms with Crippen molar-refractivity contribution in [3.8, 4) is 0 Å². The Kier molecular flexibility index (Phi) is 4.62. The summed E-state index contributed by atoms with van der Waals surface area (Å²) in [5.74, 6) is 0.